The van der Waals surface area contributed by atoms with Crippen molar-refractivity contribution in [3.63, 3.8) is 0 Å². The Morgan fingerprint density at radius 1 is 1.11 bits per heavy atom. The highest BCUT2D eigenvalue weighted by atomic mass is 79.9. The molecule has 1 unspecified atom stereocenters. The number of halogens is 4. The van der Waals surface area contributed by atoms with Gasteiger partial charge in [0.2, 0.25) is 0 Å². The molecule has 0 N–H and O–H groups in total. The normalized spacial score (nSPS) is 14.5. The molecule has 0 heterocycles. The van der Waals surface area contributed by atoms with Crippen molar-refractivity contribution < 1.29 is 13.2 Å². The van der Waals surface area contributed by atoms with Crippen molar-refractivity contribution in [1.82, 2.24) is 0 Å². The molecule has 0 spiro atoms. The molecule has 1 atom stereocenters. The van der Waals surface area contributed by atoms with Crippen molar-refractivity contribution in [1.29, 1.82) is 0 Å². The van der Waals surface area contributed by atoms with Gasteiger partial charge in [-0.2, -0.15) is 13.2 Å². The molecule has 0 saturated carbocycles. The minimum absolute atomic E-state index is 0.0695. The lowest BCUT2D eigenvalue weighted by molar-refractivity contribution is -0.135. The fraction of sp³-hybridized carbons (Fsp3) is 0.600. The predicted octanol–water partition coefficient (Wildman–Crippen LogP) is 6.15. The third-order valence-electron chi connectivity index (χ3n) is 3.62. The van der Waals surface area contributed by atoms with Crippen LogP contribution in [0.4, 0.5) is 13.2 Å². The standard InChI is InChI=1S/C15H20BrF3/c1-4-14(2,3)12-7-5-11(6-8-12)13(16)9-10-15(17,18)19/h5-8,13H,4,9-10H2,1-3H3. The van der Waals surface area contributed by atoms with Crippen molar-refractivity contribution in [3.05, 3.63) is 35.4 Å². The number of hydrogen-bond donors (Lipinski definition) is 0. The van der Waals surface area contributed by atoms with Gasteiger partial charge in [0.05, 0.1) is 0 Å². The smallest absolute Gasteiger partial charge is 0.171 e. The third kappa shape index (κ3) is 5.17. The zero-order valence-corrected chi connectivity index (χ0v) is 13.1. The summed E-state index contributed by atoms with van der Waals surface area (Å²) in [5.74, 6) is 0. The number of benzene rings is 1. The Morgan fingerprint density at radius 2 is 1.63 bits per heavy atom. The van der Waals surface area contributed by atoms with Gasteiger partial charge in [-0.3, -0.25) is 0 Å². The van der Waals surface area contributed by atoms with Crippen LogP contribution in [0.25, 0.3) is 0 Å². The van der Waals surface area contributed by atoms with Gasteiger partial charge in [-0.1, -0.05) is 61.0 Å². The summed E-state index contributed by atoms with van der Waals surface area (Å²) in [5.41, 5.74) is 2.22. The third-order valence-corrected chi connectivity index (χ3v) is 4.61. The summed E-state index contributed by atoms with van der Waals surface area (Å²) >= 11 is 3.33. The molecular formula is C15H20BrF3. The second-order valence-electron chi connectivity index (χ2n) is 5.48. The second kappa shape index (κ2) is 6.29. The SMILES string of the molecule is CCC(C)(C)c1ccc(C(Br)CCC(F)(F)F)cc1. The Labute approximate surface area is 121 Å². The topological polar surface area (TPSA) is 0 Å². The minimum Gasteiger partial charge on any atom is -0.171 e. The van der Waals surface area contributed by atoms with E-state index in [9.17, 15) is 13.2 Å². The zero-order valence-electron chi connectivity index (χ0n) is 11.5. The van der Waals surface area contributed by atoms with E-state index in [2.05, 4.69) is 36.7 Å². The molecule has 19 heavy (non-hydrogen) atoms. The average molecular weight is 337 g/mol. The summed E-state index contributed by atoms with van der Waals surface area (Å²) in [7, 11) is 0. The van der Waals surface area contributed by atoms with Crippen LogP contribution in [0.15, 0.2) is 24.3 Å². The maximum Gasteiger partial charge on any atom is 0.389 e. The van der Waals surface area contributed by atoms with Gasteiger partial charge in [0.25, 0.3) is 0 Å². The average Bonchev–Trinajstić information content (AvgIpc) is 2.35. The quantitative estimate of drug-likeness (QED) is 0.565. The number of alkyl halides is 4. The van der Waals surface area contributed by atoms with E-state index in [4.69, 9.17) is 0 Å². The fourth-order valence-corrected chi connectivity index (χ4v) is 2.34. The molecule has 1 aromatic rings. The summed E-state index contributed by atoms with van der Waals surface area (Å²) in [6.07, 6.45) is -3.75. The van der Waals surface area contributed by atoms with Gasteiger partial charge in [0.1, 0.15) is 0 Å². The Kier molecular flexibility index (Phi) is 5.48. The van der Waals surface area contributed by atoms with Crippen LogP contribution in [0, 0.1) is 0 Å². The molecule has 4 heteroatoms. The van der Waals surface area contributed by atoms with Crippen molar-refractivity contribution in [2.24, 2.45) is 0 Å². The van der Waals surface area contributed by atoms with Crippen LogP contribution < -0.4 is 0 Å². The van der Waals surface area contributed by atoms with Crippen molar-refractivity contribution in [2.45, 2.75) is 56.5 Å². The van der Waals surface area contributed by atoms with Crippen molar-refractivity contribution in [2.75, 3.05) is 0 Å². The maximum absolute atomic E-state index is 12.2. The monoisotopic (exact) mass is 336 g/mol. The van der Waals surface area contributed by atoms with E-state index in [-0.39, 0.29) is 16.7 Å². The molecule has 0 aliphatic carbocycles. The van der Waals surface area contributed by atoms with Crippen LogP contribution >= 0.6 is 15.9 Å². The second-order valence-corrected chi connectivity index (χ2v) is 6.59. The Morgan fingerprint density at radius 3 is 2.05 bits per heavy atom. The summed E-state index contributed by atoms with van der Waals surface area (Å²) in [6, 6.07) is 7.87. The van der Waals surface area contributed by atoms with Crippen LogP contribution in [0.2, 0.25) is 0 Å². The van der Waals surface area contributed by atoms with E-state index in [1.54, 1.807) is 0 Å². The van der Waals surface area contributed by atoms with Crippen molar-refractivity contribution in [3.8, 4) is 0 Å². The number of hydrogen-bond acceptors (Lipinski definition) is 0. The Hall–Kier alpha value is -0.510. The lowest BCUT2D eigenvalue weighted by Crippen LogP contribution is -2.15. The molecule has 0 amide bonds. The van der Waals surface area contributed by atoms with Gasteiger partial charge in [-0.15, -0.1) is 0 Å². The molecule has 108 valence electrons. The van der Waals surface area contributed by atoms with Crippen LogP contribution in [-0.4, -0.2) is 6.18 Å². The molecular weight excluding hydrogens is 317 g/mol. The van der Waals surface area contributed by atoms with E-state index in [1.165, 1.54) is 5.56 Å². The molecule has 0 aliphatic rings. The minimum atomic E-state index is -4.09. The fourth-order valence-electron chi connectivity index (χ4n) is 1.80. The van der Waals surface area contributed by atoms with E-state index in [1.807, 2.05) is 24.3 Å². The van der Waals surface area contributed by atoms with Gasteiger partial charge < -0.3 is 0 Å². The molecule has 1 rings (SSSR count). The molecule has 0 aromatic heterocycles. The first kappa shape index (κ1) is 16.5. The first-order valence-electron chi connectivity index (χ1n) is 6.47. The van der Waals surface area contributed by atoms with E-state index in [0.717, 1.165) is 12.0 Å². The van der Waals surface area contributed by atoms with Crippen LogP contribution in [-0.2, 0) is 5.41 Å². The van der Waals surface area contributed by atoms with Gasteiger partial charge in [0, 0.05) is 11.2 Å². The van der Waals surface area contributed by atoms with Gasteiger partial charge in [0.15, 0.2) is 0 Å². The van der Waals surface area contributed by atoms with E-state index in [0.29, 0.717) is 0 Å². The first-order chi connectivity index (χ1) is 8.65. The van der Waals surface area contributed by atoms with Crippen LogP contribution in [0.3, 0.4) is 0 Å². The molecule has 1 aromatic carbocycles. The van der Waals surface area contributed by atoms with Gasteiger partial charge in [-0.05, 0) is 29.4 Å². The largest absolute Gasteiger partial charge is 0.389 e. The molecule has 0 saturated heterocycles. The highest BCUT2D eigenvalue weighted by Crippen LogP contribution is 2.34. The highest BCUT2D eigenvalue weighted by Gasteiger charge is 2.28. The lowest BCUT2D eigenvalue weighted by atomic mass is 9.82. The van der Waals surface area contributed by atoms with E-state index >= 15 is 0 Å². The molecule has 0 radical (unpaired) electrons. The molecule has 0 bridgehead atoms. The summed E-state index contributed by atoms with van der Waals surface area (Å²) in [4.78, 5) is -0.243. The van der Waals surface area contributed by atoms with Crippen molar-refractivity contribution >= 4 is 15.9 Å². The zero-order chi connectivity index (χ0) is 14.7. The highest BCUT2D eigenvalue weighted by molar-refractivity contribution is 9.09. The van der Waals surface area contributed by atoms with Crippen LogP contribution in [0.1, 0.15) is 56.0 Å². The Balaban J connectivity index is 2.71. The summed E-state index contributed by atoms with van der Waals surface area (Å²) in [6.45, 7) is 6.46. The molecule has 0 fully saturated rings. The maximum atomic E-state index is 12.2. The molecule has 0 nitrogen and oxygen atoms in total. The Bertz CT molecular complexity index is 393. The summed E-state index contributed by atoms with van der Waals surface area (Å²) in [5, 5.41) is 0. The van der Waals surface area contributed by atoms with Crippen LogP contribution in [0.5, 0.6) is 0 Å². The van der Waals surface area contributed by atoms with Gasteiger partial charge >= 0.3 is 6.18 Å². The summed E-state index contributed by atoms with van der Waals surface area (Å²) < 4.78 is 36.5. The van der Waals surface area contributed by atoms with E-state index < -0.39 is 12.6 Å². The molecule has 0 aliphatic heterocycles. The predicted molar refractivity (Wildman–Crippen MR) is 76.7 cm³/mol. The first-order valence-corrected chi connectivity index (χ1v) is 7.38. The number of rotatable bonds is 5. The lowest BCUT2D eigenvalue weighted by Gasteiger charge is -2.24. The van der Waals surface area contributed by atoms with Gasteiger partial charge in [-0.25, -0.2) is 0 Å².